The molecule has 2 N–H and O–H groups in total. The first-order chi connectivity index (χ1) is 8.82. The van der Waals surface area contributed by atoms with Gasteiger partial charge in [0, 0.05) is 12.1 Å². The van der Waals surface area contributed by atoms with Gasteiger partial charge in [-0.2, -0.15) is 0 Å². The molecule has 0 radical (unpaired) electrons. The maximum Gasteiger partial charge on any atom is 0.273 e. The standard InChI is InChI=1S/C11H10Cl2N2O2S2/c1-15(9-6-7(12)2-3-8(9)14)19(16,17)11-5-4-10(13)18-11/h2-6H,14H2,1H3. The molecule has 4 nitrogen and oxygen atoms in total. The van der Waals surface area contributed by atoms with E-state index in [4.69, 9.17) is 28.9 Å². The first-order valence-corrected chi connectivity index (χ1v) is 8.13. The van der Waals surface area contributed by atoms with E-state index in [1.54, 1.807) is 12.1 Å². The fourth-order valence-corrected chi connectivity index (χ4v) is 4.52. The number of nitrogens with two attached hydrogens (primary N) is 1. The van der Waals surface area contributed by atoms with Crippen molar-refractivity contribution in [1.82, 2.24) is 0 Å². The lowest BCUT2D eigenvalue weighted by Crippen LogP contribution is -2.26. The molecule has 0 saturated carbocycles. The minimum absolute atomic E-state index is 0.152. The Morgan fingerprint density at radius 2 is 1.89 bits per heavy atom. The highest BCUT2D eigenvalue weighted by molar-refractivity contribution is 7.94. The van der Waals surface area contributed by atoms with Gasteiger partial charge in [-0.25, -0.2) is 8.42 Å². The zero-order chi connectivity index (χ0) is 14.2. The third kappa shape index (κ3) is 2.81. The van der Waals surface area contributed by atoms with Crippen molar-refractivity contribution < 1.29 is 8.42 Å². The van der Waals surface area contributed by atoms with E-state index in [-0.39, 0.29) is 4.21 Å². The highest BCUT2D eigenvalue weighted by atomic mass is 35.5. The molecule has 8 heteroatoms. The molecule has 0 saturated heterocycles. The van der Waals surface area contributed by atoms with Gasteiger partial charge in [0.05, 0.1) is 15.7 Å². The Hall–Kier alpha value is -0.950. The van der Waals surface area contributed by atoms with E-state index in [1.165, 1.54) is 25.2 Å². The van der Waals surface area contributed by atoms with Crippen LogP contribution >= 0.6 is 34.5 Å². The Bertz CT molecular complexity index is 713. The van der Waals surface area contributed by atoms with Gasteiger partial charge in [0.2, 0.25) is 0 Å². The van der Waals surface area contributed by atoms with Crippen molar-refractivity contribution >= 4 is 55.9 Å². The Kier molecular flexibility index (Phi) is 3.96. The van der Waals surface area contributed by atoms with Gasteiger partial charge in [0.15, 0.2) is 0 Å². The van der Waals surface area contributed by atoms with Crippen LogP contribution in [0.5, 0.6) is 0 Å². The number of halogens is 2. The first kappa shape index (κ1) is 14.5. The predicted octanol–water partition coefficient (Wildman–Crippen LogP) is 3.46. The van der Waals surface area contributed by atoms with Gasteiger partial charge in [-0.3, -0.25) is 4.31 Å². The Morgan fingerprint density at radius 3 is 2.47 bits per heavy atom. The molecule has 2 rings (SSSR count). The summed E-state index contributed by atoms with van der Waals surface area (Å²) in [7, 11) is -2.26. The lowest BCUT2D eigenvalue weighted by atomic mass is 10.3. The molecule has 0 unspecified atom stereocenters. The number of benzene rings is 1. The SMILES string of the molecule is CN(c1cc(Cl)ccc1N)S(=O)(=O)c1ccc(Cl)s1. The molecule has 0 aliphatic carbocycles. The number of thiophene rings is 1. The van der Waals surface area contributed by atoms with Crippen molar-refractivity contribution in [3.05, 3.63) is 39.7 Å². The van der Waals surface area contributed by atoms with Crippen molar-refractivity contribution in [2.45, 2.75) is 4.21 Å². The second-order valence-electron chi connectivity index (χ2n) is 3.73. The van der Waals surface area contributed by atoms with Gasteiger partial charge in [-0.1, -0.05) is 23.2 Å². The molecule has 1 aromatic heterocycles. The van der Waals surface area contributed by atoms with Gasteiger partial charge < -0.3 is 5.73 Å². The van der Waals surface area contributed by atoms with E-state index in [9.17, 15) is 8.42 Å². The molecular formula is C11H10Cl2N2O2S2. The number of anilines is 2. The quantitative estimate of drug-likeness (QED) is 0.873. The van der Waals surface area contributed by atoms with E-state index in [1.807, 2.05) is 0 Å². The molecule has 0 aliphatic heterocycles. The fraction of sp³-hybridized carbons (Fsp3) is 0.0909. The highest BCUT2D eigenvalue weighted by Gasteiger charge is 2.24. The van der Waals surface area contributed by atoms with Gasteiger partial charge in [-0.05, 0) is 30.3 Å². The normalized spacial score (nSPS) is 11.5. The summed E-state index contributed by atoms with van der Waals surface area (Å²) < 4.78 is 26.4. The van der Waals surface area contributed by atoms with Crippen LogP contribution < -0.4 is 10.0 Å². The molecular weight excluding hydrogens is 327 g/mol. The molecule has 0 aliphatic rings. The third-order valence-corrected chi connectivity index (χ3v) is 6.20. The molecule has 1 heterocycles. The van der Waals surface area contributed by atoms with Gasteiger partial charge in [-0.15, -0.1) is 11.3 Å². The molecule has 0 atom stereocenters. The van der Waals surface area contributed by atoms with Gasteiger partial charge in [0.25, 0.3) is 10.0 Å². The summed E-state index contributed by atoms with van der Waals surface area (Å²) in [6.45, 7) is 0. The first-order valence-electron chi connectivity index (χ1n) is 5.11. The summed E-state index contributed by atoms with van der Waals surface area (Å²) in [5.41, 5.74) is 6.45. The zero-order valence-electron chi connectivity index (χ0n) is 9.80. The van der Waals surface area contributed by atoms with Crippen LogP contribution in [0, 0.1) is 0 Å². The second-order valence-corrected chi connectivity index (χ2v) is 8.08. The van der Waals surface area contributed by atoms with Crippen molar-refractivity contribution in [1.29, 1.82) is 0 Å². The lowest BCUT2D eigenvalue weighted by molar-refractivity contribution is 0.596. The average molecular weight is 337 g/mol. The number of nitrogens with zero attached hydrogens (tertiary/aromatic N) is 1. The summed E-state index contributed by atoms with van der Waals surface area (Å²) in [5, 5.41) is 0.412. The number of sulfonamides is 1. The molecule has 0 spiro atoms. The highest BCUT2D eigenvalue weighted by Crippen LogP contribution is 2.33. The van der Waals surface area contributed by atoms with Crippen LogP contribution in [0.3, 0.4) is 0 Å². The van der Waals surface area contributed by atoms with Crippen molar-refractivity contribution in [3.63, 3.8) is 0 Å². The van der Waals surface area contributed by atoms with Gasteiger partial charge >= 0.3 is 0 Å². The van der Waals surface area contributed by atoms with Crippen LogP contribution in [0.25, 0.3) is 0 Å². The van der Waals surface area contributed by atoms with E-state index in [0.29, 0.717) is 20.7 Å². The molecule has 0 amide bonds. The summed E-state index contributed by atoms with van der Waals surface area (Å²) >= 11 is 12.6. The zero-order valence-corrected chi connectivity index (χ0v) is 12.9. The van der Waals surface area contributed by atoms with E-state index < -0.39 is 10.0 Å². The van der Waals surface area contributed by atoms with Crippen LogP contribution in [0.4, 0.5) is 11.4 Å². The van der Waals surface area contributed by atoms with Crippen LogP contribution in [0.15, 0.2) is 34.5 Å². The summed E-state index contributed by atoms with van der Waals surface area (Å²) in [6, 6.07) is 7.66. The summed E-state index contributed by atoms with van der Waals surface area (Å²) in [4.78, 5) is 0. The topological polar surface area (TPSA) is 63.4 Å². The molecule has 1 aromatic carbocycles. The summed E-state index contributed by atoms with van der Waals surface area (Å²) in [5.74, 6) is 0. The fourth-order valence-electron chi connectivity index (χ4n) is 1.49. The Morgan fingerprint density at radius 1 is 1.21 bits per heavy atom. The minimum Gasteiger partial charge on any atom is -0.397 e. The van der Waals surface area contributed by atoms with Gasteiger partial charge in [0.1, 0.15) is 4.21 Å². The van der Waals surface area contributed by atoms with Crippen LogP contribution in [0.1, 0.15) is 0 Å². The van der Waals surface area contributed by atoms with Crippen molar-refractivity contribution in [3.8, 4) is 0 Å². The number of rotatable bonds is 3. The molecule has 2 aromatic rings. The molecule has 0 bridgehead atoms. The van der Waals surface area contributed by atoms with Crippen LogP contribution in [0.2, 0.25) is 9.36 Å². The third-order valence-electron chi connectivity index (χ3n) is 2.50. The molecule has 19 heavy (non-hydrogen) atoms. The van der Waals surface area contributed by atoms with Crippen LogP contribution in [-0.2, 0) is 10.0 Å². The van der Waals surface area contributed by atoms with E-state index >= 15 is 0 Å². The minimum atomic E-state index is -3.68. The Labute approximate surface area is 125 Å². The van der Waals surface area contributed by atoms with Crippen molar-refractivity contribution in [2.75, 3.05) is 17.1 Å². The molecule has 0 fully saturated rings. The number of hydrogen-bond donors (Lipinski definition) is 1. The second kappa shape index (κ2) is 5.20. The average Bonchev–Trinajstić information content (AvgIpc) is 2.79. The maximum atomic E-state index is 12.4. The Balaban J connectivity index is 2.49. The predicted molar refractivity (Wildman–Crippen MR) is 80.8 cm³/mol. The smallest absolute Gasteiger partial charge is 0.273 e. The van der Waals surface area contributed by atoms with Crippen LogP contribution in [-0.4, -0.2) is 15.5 Å². The maximum absolute atomic E-state index is 12.4. The monoisotopic (exact) mass is 336 g/mol. The number of nitrogen functional groups attached to an aromatic ring is 1. The van der Waals surface area contributed by atoms with E-state index in [2.05, 4.69) is 0 Å². The number of hydrogen-bond acceptors (Lipinski definition) is 4. The van der Waals surface area contributed by atoms with E-state index in [0.717, 1.165) is 15.6 Å². The lowest BCUT2D eigenvalue weighted by Gasteiger charge is -2.20. The molecule has 102 valence electrons. The largest absolute Gasteiger partial charge is 0.397 e. The van der Waals surface area contributed by atoms with Crippen molar-refractivity contribution in [2.24, 2.45) is 0 Å². The summed E-state index contributed by atoms with van der Waals surface area (Å²) in [6.07, 6.45) is 0.